The highest BCUT2D eigenvalue weighted by molar-refractivity contribution is 7.92. The van der Waals surface area contributed by atoms with E-state index in [0.717, 1.165) is 16.6 Å². The smallest absolute Gasteiger partial charge is 0.333 e. The van der Waals surface area contributed by atoms with Crippen molar-refractivity contribution in [3.8, 4) is 0 Å². The Labute approximate surface area is 242 Å². The number of halogens is 1. The van der Waals surface area contributed by atoms with E-state index in [4.69, 9.17) is 0 Å². The third kappa shape index (κ3) is 6.06. The number of imidazole rings is 1. The van der Waals surface area contributed by atoms with Gasteiger partial charge in [-0.1, -0.05) is 74.0 Å². The third-order valence-electron chi connectivity index (χ3n) is 7.25. The van der Waals surface area contributed by atoms with E-state index in [-0.39, 0.29) is 23.3 Å². The molecule has 1 atom stereocenters. The lowest BCUT2D eigenvalue weighted by Gasteiger charge is -2.15. The number of aromatic amines is 1. The zero-order chi connectivity index (χ0) is 29.9. The molecular formula is C31H32FN5O4S. The predicted octanol–water partition coefficient (Wildman–Crippen LogP) is 4.97. The fourth-order valence-electron chi connectivity index (χ4n) is 4.79. The Morgan fingerprint density at radius 1 is 0.952 bits per heavy atom. The molecular weight excluding hydrogens is 557 g/mol. The molecule has 1 unspecified atom stereocenters. The SMILES string of the molecule is CCCCn1c(=O)n(Cc2ccccc2F)c(=O)c2[nH]c(Cc3ccc(NS(=O)(=O)C(C)c4ccccc4)cc3)nc21. The fraction of sp³-hybridized carbons (Fsp3) is 0.258. The summed E-state index contributed by atoms with van der Waals surface area (Å²) in [5.74, 6) is -0.0176. The van der Waals surface area contributed by atoms with Gasteiger partial charge in [0.25, 0.3) is 5.56 Å². The number of aryl methyl sites for hydroxylation is 1. The van der Waals surface area contributed by atoms with Crippen LogP contribution in [0.5, 0.6) is 0 Å². The minimum Gasteiger partial charge on any atom is -0.336 e. The lowest BCUT2D eigenvalue weighted by atomic mass is 10.1. The summed E-state index contributed by atoms with van der Waals surface area (Å²) in [5, 5.41) is -0.735. The molecule has 0 radical (unpaired) electrons. The third-order valence-corrected chi connectivity index (χ3v) is 8.98. The molecule has 42 heavy (non-hydrogen) atoms. The Bertz CT molecular complexity index is 1930. The van der Waals surface area contributed by atoms with Gasteiger partial charge in [0.05, 0.1) is 6.54 Å². The first-order chi connectivity index (χ1) is 20.2. The highest BCUT2D eigenvalue weighted by Crippen LogP contribution is 2.24. The van der Waals surface area contributed by atoms with Crippen molar-refractivity contribution in [2.24, 2.45) is 0 Å². The van der Waals surface area contributed by atoms with Gasteiger partial charge >= 0.3 is 5.69 Å². The van der Waals surface area contributed by atoms with Gasteiger partial charge in [-0.3, -0.25) is 18.7 Å². The Hall–Kier alpha value is -4.51. The molecule has 218 valence electrons. The van der Waals surface area contributed by atoms with Crippen molar-refractivity contribution < 1.29 is 12.8 Å². The number of anilines is 1. The quantitative estimate of drug-likeness (QED) is 0.226. The van der Waals surface area contributed by atoms with E-state index in [0.29, 0.717) is 36.5 Å². The van der Waals surface area contributed by atoms with E-state index in [9.17, 15) is 22.4 Å². The second kappa shape index (κ2) is 12.2. The van der Waals surface area contributed by atoms with Gasteiger partial charge in [0.15, 0.2) is 5.65 Å². The van der Waals surface area contributed by atoms with Crippen LogP contribution in [0, 0.1) is 5.82 Å². The maximum atomic E-state index is 14.4. The molecule has 0 saturated carbocycles. The molecule has 11 heteroatoms. The summed E-state index contributed by atoms with van der Waals surface area (Å²) in [4.78, 5) is 34.4. The molecule has 2 heterocycles. The predicted molar refractivity (Wildman–Crippen MR) is 162 cm³/mol. The van der Waals surface area contributed by atoms with Gasteiger partial charge in [-0.25, -0.2) is 22.6 Å². The van der Waals surface area contributed by atoms with Gasteiger partial charge in [0.2, 0.25) is 10.0 Å². The topological polar surface area (TPSA) is 119 Å². The van der Waals surface area contributed by atoms with E-state index >= 15 is 0 Å². The summed E-state index contributed by atoms with van der Waals surface area (Å²) in [6.45, 7) is 3.81. The van der Waals surface area contributed by atoms with Crippen LogP contribution in [0.1, 0.15) is 54.5 Å². The van der Waals surface area contributed by atoms with Gasteiger partial charge in [0.1, 0.15) is 22.4 Å². The number of H-pyrrole nitrogens is 1. The molecule has 0 aliphatic heterocycles. The Kier molecular flexibility index (Phi) is 8.39. The molecule has 0 spiro atoms. The molecule has 9 nitrogen and oxygen atoms in total. The summed E-state index contributed by atoms with van der Waals surface area (Å²) < 4.78 is 45.3. The number of sulfonamides is 1. The van der Waals surface area contributed by atoms with Crippen molar-refractivity contribution in [3.05, 3.63) is 128 Å². The van der Waals surface area contributed by atoms with E-state index in [2.05, 4.69) is 14.7 Å². The molecule has 2 aromatic heterocycles. The highest BCUT2D eigenvalue weighted by Gasteiger charge is 2.22. The molecule has 0 aliphatic carbocycles. The van der Waals surface area contributed by atoms with Crippen LogP contribution in [-0.4, -0.2) is 27.5 Å². The van der Waals surface area contributed by atoms with E-state index in [1.54, 1.807) is 73.7 Å². The highest BCUT2D eigenvalue weighted by atomic mass is 32.2. The van der Waals surface area contributed by atoms with Gasteiger partial charge in [-0.05, 0) is 42.7 Å². The molecule has 5 aromatic rings. The normalized spacial score (nSPS) is 12.5. The second-order valence-corrected chi connectivity index (χ2v) is 12.2. The molecule has 0 bridgehead atoms. The minimum atomic E-state index is -3.67. The first-order valence-corrected chi connectivity index (χ1v) is 15.3. The largest absolute Gasteiger partial charge is 0.336 e. The van der Waals surface area contributed by atoms with Crippen molar-refractivity contribution >= 4 is 26.9 Å². The number of benzene rings is 3. The Morgan fingerprint density at radius 2 is 1.64 bits per heavy atom. The molecule has 0 fully saturated rings. The maximum absolute atomic E-state index is 14.4. The van der Waals surface area contributed by atoms with Crippen molar-refractivity contribution in [1.29, 1.82) is 0 Å². The molecule has 0 amide bonds. The number of nitrogens with zero attached hydrogens (tertiary/aromatic N) is 3. The lowest BCUT2D eigenvalue weighted by molar-refractivity contribution is 0.553. The van der Waals surface area contributed by atoms with E-state index in [1.165, 1.54) is 10.6 Å². The van der Waals surface area contributed by atoms with Crippen LogP contribution in [-0.2, 0) is 29.5 Å². The summed E-state index contributed by atoms with van der Waals surface area (Å²) in [6, 6.07) is 21.9. The number of hydrogen-bond acceptors (Lipinski definition) is 5. The molecule has 0 saturated heterocycles. The van der Waals surface area contributed by atoms with Crippen LogP contribution in [0.2, 0.25) is 0 Å². The van der Waals surface area contributed by atoms with Gasteiger partial charge in [-0.2, -0.15) is 0 Å². The number of rotatable bonds is 11. The van der Waals surface area contributed by atoms with Crippen molar-refractivity contribution in [2.45, 2.75) is 51.4 Å². The van der Waals surface area contributed by atoms with Crippen LogP contribution in [0.3, 0.4) is 0 Å². The van der Waals surface area contributed by atoms with Gasteiger partial charge in [-0.15, -0.1) is 0 Å². The second-order valence-electron chi connectivity index (χ2n) is 10.2. The maximum Gasteiger partial charge on any atom is 0.333 e. The standard InChI is InChI=1S/C31H32FN5O4S/c1-3-4-18-36-29-28(30(38)37(31(36)39)20-24-12-8-9-13-26(24)32)33-27(34-29)19-22-14-16-25(17-15-22)35-42(40,41)21(2)23-10-6-5-7-11-23/h5-17,21,35H,3-4,18-20H2,1-2H3,(H,33,34). The Balaban J connectivity index is 1.41. The van der Waals surface area contributed by atoms with Gasteiger partial charge in [0, 0.05) is 24.2 Å². The Morgan fingerprint density at radius 3 is 2.33 bits per heavy atom. The van der Waals surface area contributed by atoms with Crippen molar-refractivity contribution in [2.75, 3.05) is 4.72 Å². The number of unbranched alkanes of at least 4 members (excludes halogenated alkanes) is 1. The zero-order valence-electron chi connectivity index (χ0n) is 23.4. The summed E-state index contributed by atoms with van der Waals surface area (Å²) >= 11 is 0. The summed E-state index contributed by atoms with van der Waals surface area (Å²) in [5.41, 5.74) is 1.51. The fourth-order valence-corrected chi connectivity index (χ4v) is 5.95. The molecule has 2 N–H and O–H groups in total. The zero-order valence-corrected chi connectivity index (χ0v) is 24.2. The van der Waals surface area contributed by atoms with Gasteiger partial charge < -0.3 is 4.98 Å². The average Bonchev–Trinajstić information content (AvgIpc) is 3.40. The average molecular weight is 590 g/mol. The van der Waals surface area contributed by atoms with Crippen LogP contribution in [0.15, 0.2) is 88.5 Å². The first-order valence-electron chi connectivity index (χ1n) is 13.8. The monoisotopic (exact) mass is 589 g/mol. The van der Waals surface area contributed by atoms with E-state index < -0.39 is 32.3 Å². The number of hydrogen-bond donors (Lipinski definition) is 2. The van der Waals surface area contributed by atoms with Crippen LogP contribution >= 0.6 is 0 Å². The molecule has 0 aliphatic rings. The number of aromatic nitrogens is 4. The first kappa shape index (κ1) is 29.0. The lowest BCUT2D eigenvalue weighted by Crippen LogP contribution is -2.40. The van der Waals surface area contributed by atoms with Crippen molar-refractivity contribution in [1.82, 2.24) is 19.1 Å². The van der Waals surface area contributed by atoms with Crippen LogP contribution in [0.25, 0.3) is 11.2 Å². The van der Waals surface area contributed by atoms with Crippen molar-refractivity contribution in [3.63, 3.8) is 0 Å². The van der Waals surface area contributed by atoms with Crippen LogP contribution < -0.4 is 16.0 Å². The minimum absolute atomic E-state index is 0.177. The molecule has 3 aromatic carbocycles. The van der Waals surface area contributed by atoms with Crippen LogP contribution in [0.4, 0.5) is 10.1 Å². The van der Waals surface area contributed by atoms with E-state index in [1.807, 2.05) is 13.0 Å². The molecule has 5 rings (SSSR count). The number of nitrogens with one attached hydrogen (secondary N) is 2. The number of fused-ring (bicyclic) bond motifs is 1. The summed E-state index contributed by atoms with van der Waals surface area (Å²) in [7, 11) is -3.67. The summed E-state index contributed by atoms with van der Waals surface area (Å²) in [6.07, 6.45) is 1.85.